The van der Waals surface area contributed by atoms with Crippen LogP contribution in [-0.2, 0) is 0 Å². The van der Waals surface area contributed by atoms with Crippen molar-refractivity contribution in [3.05, 3.63) is 41.5 Å². The summed E-state index contributed by atoms with van der Waals surface area (Å²) in [5, 5.41) is 3.48. The molecule has 0 bridgehead atoms. The molecule has 0 saturated heterocycles. The molecule has 2 aliphatic rings. The number of nitrogens with one attached hydrogen (secondary N) is 1. The van der Waals surface area contributed by atoms with Crippen LogP contribution in [0, 0.1) is 0 Å². The standard InChI is InChI=1S/C15H19N/c1(11-16-15-9-10-15)2-12-3-5-13(6-4-12)14-7-8-14/h1-6,14-16H,7-11H2. The first-order valence-corrected chi connectivity index (χ1v) is 6.42. The van der Waals surface area contributed by atoms with Crippen molar-refractivity contribution in [2.45, 2.75) is 37.6 Å². The van der Waals surface area contributed by atoms with Crippen LogP contribution in [-0.4, -0.2) is 12.6 Å². The molecule has 1 aromatic rings. The van der Waals surface area contributed by atoms with Gasteiger partial charge in [-0.05, 0) is 42.7 Å². The molecule has 0 aliphatic heterocycles. The summed E-state index contributed by atoms with van der Waals surface area (Å²) in [7, 11) is 0. The van der Waals surface area contributed by atoms with E-state index in [0.717, 1.165) is 18.5 Å². The SMILES string of the molecule is C(=Cc1ccc(C2CC2)cc1)CNC1CC1. The molecule has 1 nitrogen and oxygen atoms in total. The lowest BCUT2D eigenvalue weighted by Gasteiger charge is -1.99. The molecule has 16 heavy (non-hydrogen) atoms. The van der Waals surface area contributed by atoms with E-state index >= 15 is 0 Å². The highest BCUT2D eigenvalue weighted by molar-refractivity contribution is 5.50. The third-order valence-electron chi connectivity index (χ3n) is 3.40. The van der Waals surface area contributed by atoms with Crippen molar-refractivity contribution in [1.82, 2.24) is 5.32 Å². The van der Waals surface area contributed by atoms with E-state index in [0.29, 0.717) is 0 Å². The van der Waals surface area contributed by atoms with Gasteiger partial charge in [0.05, 0.1) is 0 Å². The van der Waals surface area contributed by atoms with Crippen LogP contribution in [0.5, 0.6) is 0 Å². The van der Waals surface area contributed by atoms with Gasteiger partial charge in [-0.25, -0.2) is 0 Å². The van der Waals surface area contributed by atoms with Crippen LogP contribution in [0.1, 0.15) is 42.7 Å². The lowest BCUT2D eigenvalue weighted by Crippen LogP contribution is -2.15. The number of hydrogen-bond acceptors (Lipinski definition) is 1. The van der Waals surface area contributed by atoms with Crippen molar-refractivity contribution in [2.24, 2.45) is 0 Å². The largest absolute Gasteiger partial charge is 0.311 e. The van der Waals surface area contributed by atoms with Gasteiger partial charge in [0.15, 0.2) is 0 Å². The number of benzene rings is 1. The first-order chi connectivity index (χ1) is 7.92. The first-order valence-electron chi connectivity index (χ1n) is 6.42. The minimum absolute atomic E-state index is 0.807. The fourth-order valence-corrected chi connectivity index (χ4v) is 2.01. The molecule has 1 heteroatoms. The van der Waals surface area contributed by atoms with Gasteiger partial charge in [-0.1, -0.05) is 36.4 Å². The molecule has 0 heterocycles. The molecule has 84 valence electrons. The summed E-state index contributed by atoms with van der Waals surface area (Å²) in [4.78, 5) is 0. The highest BCUT2D eigenvalue weighted by atomic mass is 14.9. The molecule has 1 aromatic carbocycles. The summed E-state index contributed by atoms with van der Waals surface area (Å²) in [5.74, 6) is 0.870. The van der Waals surface area contributed by atoms with Gasteiger partial charge in [-0.2, -0.15) is 0 Å². The third-order valence-corrected chi connectivity index (χ3v) is 3.40. The number of hydrogen-bond donors (Lipinski definition) is 1. The Labute approximate surface area is 97.6 Å². The van der Waals surface area contributed by atoms with Crippen LogP contribution in [0.4, 0.5) is 0 Å². The van der Waals surface area contributed by atoms with E-state index in [1.807, 2.05) is 0 Å². The van der Waals surface area contributed by atoms with E-state index in [1.54, 1.807) is 0 Å². The zero-order valence-corrected chi connectivity index (χ0v) is 9.65. The Morgan fingerprint density at radius 3 is 2.44 bits per heavy atom. The highest BCUT2D eigenvalue weighted by Gasteiger charge is 2.22. The molecular weight excluding hydrogens is 194 g/mol. The summed E-state index contributed by atoms with van der Waals surface area (Å²) in [6.45, 7) is 1.01. The Morgan fingerprint density at radius 2 is 1.81 bits per heavy atom. The normalized spacial score (nSPS) is 20.5. The van der Waals surface area contributed by atoms with Gasteiger partial charge in [-0.3, -0.25) is 0 Å². The lowest BCUT2D eigenvalue weighted by molar-refractivity contribution is 0.754. The molecule has 2 saturated carbocycles. The fraction of sp³-hybridized carbons (Fsp3) is 0.467. The average molecular weight is 213 g/mol. The van der Waals surface area contributed by atoms with Crippen LogP contribution in [0.3, 0.4) is 0 Å². The second-order valence-corrected chi connectivity index (χ2v) is 5.03. The second-order valence-electron chi connectivity index (χ2n) is 5.03. The number of rotatable bonds is 5. The van der Waals surface area contributed by atoms with E-state index in [4.69, 9.17) is 0 Å². The monoisotopic (exact) mass is 213 g/mol. The Kier molecular flexibility index (Phi) is 2.79. The average Bonchev–Trinajstić information content (AvgIpc) is 3.18. The minimum atomic E-state index is 0.807. The maximum Gasteiger partial charge on any atom is 0.0140 e. The van der Waals surface area contributed by atoms with Gasteiger partial charge in [-0.15, -0.1) is 0 Å². The predicted octanol–water partition coefficient (Wildman–Crippen LogP) is 3.33. The van der Waals surface area contributed by atoms with Crippen LogP contribution in [0.2, 0.25) is 0 Å². The molecule has 0 atom stereocenters. The molecule has 0 amide bonds. The zero-order valence-electron chi connectivity index (χ0n) is 9.65. The fourth-order valence-electron chi connectivity index (χ4n) is 2.01. The van der Waals surface area contributed by atoms with Crippen LogP contribution < -0.4 is 5.32 Å². The maximum atomic E-state index is 3.48. The molecule has 0 aromatic heterocycles. The van der Waals surface area contributed by atoms with Crippen molar-refractivity contribution >= 4 is 6.08 Å². The Bertz CT molecular complexity index is 369. The lowest BCUT2D eigenvalue weighted by atomic mass is 10.1. The van der Waals surface area contributed by atoms with E-state index in [1.165, 1.54) is 36.8 Å². The predicted molar refractivity (Wildman–Crippen MR) is 68.5 cm³/mol. The van der Waals surface area contributed by atoms with Crippen molar-refractivity contribution in [1.29, 1.82) is 0 Å². The molecule has 3 rings (SSSR count). The van der Waals surface area contributed by atoms with Gasteiger partial charge in [0.2, 0.25) is 0 Å². The van der Waals surface area contributed by atoms with Crippen molar-refractivity contribution in [3.63, 3.8) is 0 Å². The van der Waals surface area contributed by atoms with Crippen molar-refractivity contribution < 1.29 is 0 Å². The van der Waals surface area contributed by atoms with Gasteiger partial charge < -0.3 is 5.32 Å². The summed E-state index contributed by atoms with van der Waals surface area (Å²) in [6, 6.07) is 9.85. The Balaban J connectivity index is 1.52. The smallest absolute Gasteiger partial charge is 0.0140 e. The van der Waals surface area contributed by atoms with Crippen molar-refractivity contribution in [3.8, 4) is 0 Å². The molecule has 0 unspecified atom stereocenters. The summed E-state index contributed by atoms with van der Waals surface area (Å²) in [5.41, 5.74) is 2.84. The molecule has 2 aliphatic carbocycles. The minimum Gasteiger partial charge on any atom is -0.311 e. The summed E-state index contributed by atoms with van der Waals surface area (Å²) >= 11 is 0. The molecule has 2 fully saturated rings. The van der Waals surface area contributed by atoms with Gasteiger partial charge in [0.25, 0.3) is 0 Å². The quantitative estimate of drug-likeness (QED) is 0.791. The molecule has 0 radical (unpaired) electrons. The van der Waals surface area contributed by atoms with E-state index in [-0.39, 0.29) is 0 Å². The third kappa shape index (κ3) is 2.73. The topological polar surface area (TPSA) is 12.0 Å². The van der Waals surface area contributed by atoms with Gasteiger partial charge >= 0.3 is 0 Å². The van der Waals surface area contributed by atoms with Gasteiger partial charge in [0, 0.05) is 12.6 Å². The van der Waals surface area contributed by atoms with E-state index < -0.39 is 0 Å². The maximum absolute atomic E-state index is 3.48. The summed E-state index contributed by atoms with van der Waals surface area (Å²) in [6.07, 6.45) is 9.95. The highest BCUT2D eigenvalue weighted by Crippen LogP contribution is 2.39. The van der Waals surface area contributed by atoms with Crippen LogP contribution in [0.25, 0.3) is 6.08 Å². The van der Waals surface area contributed by atoms with E-state index in [9.17, 15) is 0 Å². The Morgan fingerprint density at radius 1 is 1.06 bits per heavy atom. The molecular formula is C15H19N. The van der Waals surface area contributed by atoms with E-state index in [2.05, 4.69) is 41.7 Å². The van der Waals surface area contributed by atoms with Crippen LogP contribution in [0.15, 0.2) is 30.3 Å². The van der Waals surface area contributed by atoms with Gasteiger partial charge in [0.1, 0.15) is 0 Å². The first kappa shape index (κ1) is 10.1. The van der Waals surface area contributed by atoms with Crippen molar-refractivity contribution in [2.75, 3.05) is 6.54 Å². The Hall–Kier alpha value is -1.08. The van der Waals surface area contributed by atoms with Crippen LogP contribution >= 0.6 is 0 Å². The summed E-state index contributed by atoms with van der Waals surface area (Å²) < 4.78 is 0. The molecule has 1 N–H and O–H groups in total. The second kappa shape index (κ2) is 4.42. The molecule has 0 spiro atoms. The zero-order chi connectivity index (χ0) is 10.8.